The lowest BCUT2D eigenvalue weighted by Crippen LogP contribution is -2.48. The molecule has 2 heterocycles. The van der Waals surface area contributed by atoms with Crippen LogP contribution in [0.1, 0.15) is 31.9 Å². The fourth-order valence-electron chi connectivity index (χ4n) is 2.52. The van der Waals surface area contributed by atoms with Gasteiger partial charge in [0.05, 0.1) is 12.2 Å². The van der Waals surface area contributed by atoms with E-state index < -0.39 is 0 Å². The predicted molar refractivity (Wildman–Crippen MR) is 78.6 cm³/mol. The van der Waals surface area contributed by atoms with E-state index in [0.29, 0.717) is 0 Å². The summed E-state index contributed by atoms with van der Waals surface area (Å²) in [5, 5.41) is 3.33. The van der Waals surface area contributed by atoms with Crippen molar-refractivity contribution in [2.45, 2.75) is 39.8 Å². The number of hydrogen-bond donors (Lipinski definition) is 1. The van der Waals surface area contributed by atoms with Crippen LogP contribution in [0.4, 0.5) is 5.82 Å². The lowest BCUT2D eigenvalue weighted by Gasteiger charge is -2.39. The van der Waals surface area contributed by atoms with Gasteiger partial charge in [0.1, 0.15) is 5.82 Å². The Kier molecular flexibility index (Phi) is 4.42. The highest BCUT2D eigenvalue weighted by Gasteiger charge is 2.28. The Hall–Kier alpha value is -1.13. The zero-order valence-electron chi connectivity index (χ0n) is 12.5. The van der Waals surface area contributed by atoms with Crippen molar-refractivity contribution >= 4 is 5.82 Å². The van der Waals surface area contributed by atoms with Gasteiger partial charge in [-0.25, -0.2) is 4.98 Å². The van der Waals surface area contributed by atoms with Gasteiger partial charge in [-0.05, 0) is 44.5 Å². The van der Waals surface area contributed by atoms with E-state index in [1.165, 1.54) is 11.1 Å². The number of aryl methyl sites for hydroxylation is 1. The number of rotatable bonds is 4. The molecule has 19 heavy (non-hydrogen) atoms. The molecule has 0 saturated carbocycles. The maximum Gasteiger partial charge on any atom is 0.131 e. The van der Waals surface area contributed by atoms with Gasteiger partial charge in [-0.3, -0.25) is 0 Å². The molecule has 1 aromatic heterocycles. The third-order valence-electron chi connectivity index (χ3n) is 3.41. The predicted octanol–water partition coefficient (Wildman–Crippen LogP) is 2.11. The molecule has 1 saturated heterocycles. The minimum Gasteiger partial charge on any atom is -0.372 e. The van der Waals surface area contributed by atoms with Crippen LogP contribution in [-0.4, -0.2) is 36.8 Å². The first-order valence-electron chi connectivity index (χ1n) is 7.07. The zero-order chi connectivity index (χ0) is 13.9. The van der Waals surface area contributed by atoms with Crippen molar-refractivity contribution in [1.82, 2.24) is 10.3 Å². The van der Waals surface area contributed by atoms with Gasteiger partial charge in [0.15, 0.2) is 0 Å². The van der Waals surface area contributed by atoms with Crippen LogP contribution in [0.2, 0.25) is 0 Å². The average molecular weight is 263 g/mol. The minimum atomic E-state index is -0.0885. The van der Waals surface area contributed by atoms with Gasteiger partial charge in [-0.1, -0.05) is 6.92 Å². The molecule has 1 aliphatic rings. The molecule has 0 spiro atoms. The molecule has 1 N–H and O–H groups in total. The normalized spacial score (nSPS) is 18.6. The smallest absolute Gasteiger partial charge is 0.131 e. The van der Waals surface area contributed by atoms with Crippen molar-refractivity contribution < 1.29 is 4.74 Å². The summed E-state index contributed by atoms with van der Waals surface area (Å²) < 4.78 is 5.75. The highest BCUT2D eigenvalue weighted by molar-refractivity contribution is 5.48. The molecule has 0 aromatic carbocycles. The number of hydrogen-bond acceptors (Lipinski definition) is 4. The molecule has 0 aliphatic carbocycles. The fraction of sp³-hybridized carbons (Fsp3) is 0.667. The number of aromatic nitrogens is 1. The maximum atomic E-state index is 5.75. The van der Waals surface area contributed by atoms with Gasteiger partial charge in [0, 0.05) is 25.8 Å². The van der Waals surface area contributed by atoms with Crippen LogP contribution in [0, 0.1) is 6.92 Å². The van der Waals surface area contributed by atoms with Gasteiger partial charge in [0.2, 0.25) is 0 Å². The average Bonchev–Trinajstić information content (AvgIpc) is 2.35. The van der Waals surface area contributed by atoms with E-state index in [-0.39, 0.29) is 5.60 Å². The van der Waals surface area contributed by atoms with Crippen LogP contribution < -0.4 is 10.2 Å². The quantitative estimate of drug-likeness (QED) is 0.903. The Morgan fingerprint density at radius 2 is 2.26 bits per heavy atom. The molecule has 0 atom stereocenters. The molecule has 4 nitrogen and oxygen atoms in total. The van der Waals surface area contributed by atoms with Crippen LogP contribution in [0.5, 0.6) is 0 Å². The molecule has 106 valence electrons. The first-order chi connectivity index (χ1) is 9.02. The van der Waals surface area contributed by atoms with Crippen LogP contribution in [0.3, 0.4) is 0 Å². The van der Waals surface area contributed by atoms with Crippen molar-refractivity contribution in [3.63, 3.8) is 0 Å². The summed E-state index contributed by atoms with van der Waals surface area (Å²) in [6, 6.07) is 2.23. The topological polar surface area (TPSA) is 37.4 Å². The van der Waals surface area contributed by atoms with E-state index in [9.17, 15) is 0 Å². The molecule has 0 amide bonds. The zero-order valence-corrected chi connectivity index (χ0v) is 12.5. The SMILES string of the molecule is CCNCc1cnc(N2CCOC(C)(C)C2)c(C)c1. The summed E-state index contributed by atoms with van der Waals surface area (Å²) in [4.78, 5) is 6.98. The van der Waals surface area contributed by atoms with Crippen LogP contribution in [0.15, 0.2) is 12.3 Å². The fourth-order valence-corrected chi connectivity index (χ4v) is 2.52. The molecule has 4 heteroatoms. The summed E-state index contributed by atoms with van der Waals surface area (Å²) >= 11 is 0. The Morgan fingerprint density at radius 3 is 2.89 bits per heavy atom. The molecule has 0 unspecified atom stereocenters. The third kappa shape index (κ3) is 3.67. The Bertz CT molecular complexity index is 431. The number of pyridine rings is 1. The second-order valence-corrected chi connectivity index (χ2v) is 5.79. The van der Waals surface area contributed by atoms with Crippen molar-refractivity contribution in [2.75, 3.05) is 31.1 Å². The van der Waals surface area contributed by atoms with E-state index in [1.807, 2.05) is 6.20 Å². The molecular formula is C15H25N3O. The largest absolute Gasteiger partial charge is 0.372 e. The van der Waals surface area contributed by atoms with Crippen LogP contribution >= 0.6 is 0 Å². The Labute approximate surface area is 116 Å². The summed E-state index contributed by atoms with van der Waals surface area (Å²) in [6.45, 7) is 13.0. The van der Waals surface area contributed by atoms with Crippen molar-refractivity contribution in [3.8, 4) is 0 Å². The van der Waals surface area contributed by atoms with Gasteiger partial charge in [-0.15, -0.1) is 0 Å². The monoisotopic (exact) mass is 263 g/mol. The molecule has 0 radical (unpaired) electrons. The Balaban J connectivity index is 2.12. The Morgan fingerprint density at radius 1 is 1.47 bits per heavy atom. The lowest BCUT2D eigenvalue weighted by molar-refractivity contribution is -0.0279. The molecular weight excluding hydrogens is 238 g/mol. The number of nitrogens with zero attached hydrogens (tertiary/aromatic N) is 2. The molecule has 1 aromatic rings. The van der Waals surface area contributed by atoms with E-state index in [0.717, 1.165) is 38.6 Å². The van der Waals surface area contributed by atoms with Crippen molar-refractivity contribution in [1.29, 1.82) is 0 Å². The second kappa shape index (κ2) is 5.88. The summed E-state index contributed by atoms with van der Waals surface area (Å²) in [7, 11) is 0. The highest BCUT2D eigenvalue weighted by Crippen LogP contribution is 2.24. The summed E-state index contributed by atoms with van der Waals surface area (Å²) in [5.41, 5.74) is 2.40. The first-order valence-corrected chi connectivity index (χ1v) is 7.07. The summed E-state index contributed by atoms with van der Waals surface area (Å²) in [5.74, 6) is 1.09. The van der Waals surface area contributed by atoms with Crippen molar-refractivity contribution in [2.24, 2.45) is 0 Å². The molecule has 0 bridgehead atoms. The standard InChI is InChI=1S/C15H25N3O/c1-5-16-9-13-8-12(2)14(17-10-13)18-6-7-19-15(3,4)11-18/h8,10,16H,5-7,9,11H2,1-4H3. The van der Waals surface area contributed by atoms with Crippen LogP contribution in [0.25, 0.3) is 0 Å². The maximum absolute atomic E-state index is 5.75. The lowest BCUT2D eigenvalue weighted by atomic mass is 10.1. The number of ether oxygens (including phenoxy) is 1. The molecule has 1 fully saturated rings. The minimum absolute atomic E-state index is 0.0885. The molecule has 2 rings (SSSR count). The van der Waals surface area contributed by atoms with Gasteiger partial charge >= 0.3 is 0 Å². The van der Waals surface area contributed by atoms with E-state index in [2.05, 4.69) is 49.0 Å². The number of morpholine rings is 1. The van der Waals surface area contributed by atoms with Crippen molar-refractivity contribution in [3.05, 3.63) is 23.4 Å². The number of nitrogens with one attached hydrogen (secondary N) is 1. The van der Waals surface area contributed by atoms with E-state index >= 15 is 0 Å². The molecule has 1 aliphatic heterocycles. The summed E-state index contributed by atoms with van der Waals surface area (Å²) in [6.07, 6.45) is 1.98. The van der Waals surface area contributed by atoms with Crippen LogP contribution in [-0.2, 0) is 11.3 Å². The van der Waals surface area contributed by atoms with Gasteiger partial charge in [0.25, 0.3) is 0 Å². The highest BCUT2D eigenvalue weighted by atomic mass is 16.5. The third-order valence-corrected chi connectivity index (χ3v) is 3.41. The number of anilines is 1. The first kappa shape index (κ1) is 14.3. The van der Waals surface area contributed by atoms with Gasteiger partial charge < -0.3 is 15.0 Å². The van der Waals surface area contributed by atoms with Gasteiger partial charge in [-0.2, -0.15) is 0 Å². The van der Waals surface area contributed by atoms with E-state index in [4.69, 9.17) is 4.74 Å². The second-order valence-electron chi connectivity index (χ2n) is 5.79. The van der Waals surface area contributed by atoms with E-state index in [1.54, 1.807) is 0 Å².